The number of ketones is 1. The van der Waals surface area contributed by atoms with Crippen LogP contribution in [0.4, 0.5) is 0 Å². The highest BCUT2D eigenvalue weighted by Gasteiger charge is 2.18. The number of benzene rings is 1. The molecule has 2 aromatic heterocycles. The standard InChI is InChI=1S/C18H17N3O3/c1-11-7-13(3)14(8-12(11)2)16(22)10-24-18(23)15-9-20-21-6-4-5-19-17(15)21/h4-9H,10H2,1-3H3. The summed E-state index contributed by atoms with van der Waals surface area (Å²) in [5.41, 5.74) is 4.23. The number of esters is 1. The molecule has 6 heteroatoms. The molecule has 0 aliphatic heterocycles. The fourth-order valence-corrected chi connectivity index (χ4v) is 2.52. The summed E-state index contributed by atoms with van der Waals surface area (Å²) in [7, 11) is 0. The number of carbonyl (C=O) groups is 2. The summed E-state index contributed by atoms with van der Waals surface area (Å²) in [6.45, 7) is 5.50. The lowest BCUT2D eigenvalue weighted by Crippen LogP contribution is -2.15. The van der Waals surface area contributed by atoms with Gasteiger partial charge in [-0.2, -0.15) is 5.10 Å². The van der Waals surface area contributed by atoms with Crippen molar-refractivity contribution in [2.45, 2.75) is 20.8 Å². The van der Waals surface area contributed by atoms with E-state index in [0.717, 1.165) is 16.7 Å². The molecule has 122 valence electrons. The summed E-state index contributed by atoms with van der Waals surface area (Å²) in [4.78, 5) is 28.6. The molecule has 0 unspecified atom stereocenters. The molecule has 1 aromatic carbocycles. The molecular weight excluding hydrogens is 306 g/mol. The minimum Gasteiger partial charge on any atom is -0.454 e. The quantitative estimate of drug-likeness (QED) is 0.545. The lowest BCUT2D eigenvalue weighted by Gasteiger charge is -2.09. The molecule has 0 aliphatic rings. The molecule has 3 rings (SSSR count). The normalized spacial score (nSPS) is 10.8. The van der Waals surface area contributed by atoms with E-state index in [1.54, 1.807) is 18.5 Å². The molecule has 2 heterocycles. The van der Waals surface area contributed by atoms with Crippen molar-refractivity contribution in [1.29, 1.82) is 0 Å². The maximum absolute atomic E-state index is 12.4. The number of nitrogens with zero attached hydrogens (tertiary/aromatic N) is 3. The summed E-state index contributed by atoms with van der Waals surface area (Å²) >= 11 is 0. The highest BCUT2D eigenvalue weighted by atomic mass is 16.5. The van der Waals surface area contributed by atoms with Crippen LogP contribution in [0.1, 0.15) is 37.4 Å². The van der Waals surface area contributed by atoms with E-state index in [1.807, 2.05) is 32.9 Å². The number of hydrogen-bond donors (Lipinski definition) is 0. The van der Waals surface area contributed by atoms with Crippen molar-refractivity contribution in [2.24, 2.45) is 0 Å². The van der Waals surface area contributed by atoms with Crippen molar-refractivity contribution < 1.29 is 14.3 Å². The first-order valence-corrected chi connectivity index (χ1v) is 7.54. The van der Waals surface area contributed by atoms with Gasteiger partial charge in [0.2, 0.25) is 5.78 Å². The van der Waals surface area contributed by atoms with Crippen LogP contribution in [0.3, 0.4) is 0 Å². The van der Waals surface area contributed by atoms with E-state index in [-0.39, 0.29) is 18.0 Å². The largest absolute Gasteiger partial charge is 0.454 e. The Hall–Kier alpha value is -3.02. The second-order valence-electron chi connectivity index (χ2n) is 5.70. The number of rotatable bonds is 4. The van der Waals surface area contributed by atoms with E-state index in [4.69, 9.17) is 4.74 Å². The van der Waals surface area contributed by atoms with E-state index in [1.165, 1.54) is 10.7 Å². The fraction of sp³-hybridized carbons (Fsp3) is 0.222. The van der Waals surface area contributed by atoms with Crippen LogP contribution in [-0.2, 0) is 4.74 Å². The van der Waals surface area contributed by atoms with Gasteiger partial charge < -0.3 is 4.74 Å². The van der Waals surface area contributed by atoms with Gasteiger partial charge in [-0.15, -0.1) is 0 Å². The molecule has 0 radical (unpaired) electrons. The second kappa shape index (κ2) is 6.23. The van der Waals surface area contributed by atoms with Crippen molar-refractivity contribution in [2.75, 3.05) is 6.61 Å². The van der Waals surface area contributed by atoms with Crippen LogP contribution < -0.4 is 0 Å². The van der Waals surface area contributed by atoms with Gasteiger partial charge in [0.05, 0.1) is 6.20 Å². The smallest absolute Gasteiger partial charge is 0.344 e. The third-order valence-electron chi connectivity index (χ3n) is 3.97. The van der Waals surface area contributed by atoms with Crippen LogP contribution in [0.15, 0.2) is 36.8 Å². The Morgan fingerprint density at radius 3 is 2.62 bits per heavy atom. The van der Waals surface area contributed by atoms with Gasteiger partial charge >= 0.3 is 5.97 Å². The summed E-state index contributed by atoms with van der Waals surface area (Å²) in [6.07, 6.45) is 4.64. The number of Topliss-reactive ketones (excluding diaryl/α,β-unsaturated/α-hetero) is 1. The number of ether oxygens (including phenoxy) is 1. The molecule has 0 fully saturated rings. The second-order valence-corrected chi connectivity index (χ2v) is 5.70. The van der Waals surface area contributed by atoms with Gasteiger partial charge in [0.25, 0.3) is 0 Å². The number of aromatic nitrogens is 3. The lowest BCUT2D eigenvalue weighted by molar-refractivity contribution is 0.0476. The van der Waals surface area contributed by atoms with Crippen LogP contribution in [0.2, 0.25) is 0 Å². The van der Waals surface area contributed by atoms with Crippen LogP contribution >= 0.6 is 0 Å². The third-order valence-corrected chi connectivity index (χ3v) is 3.97. The van der Waals surface area contributed by atoms with Crippen LogP contribution in [-0.4, -0.2) is 33.0 Å². The maximum atomic E-state index is 12.4. The summed E-state index contributed by atoms with van der Waals surface area (Å²) in [5.74, 6) is -0.841. The first kappa shape index (κ1) is 15.9. The van der Waals surface area contributed by atoms with E-state index in [0.29, 0.717) is 11.2 Å². The molecule has 3 aromatic rings. The molecule has 0 bridgehead atoms. The number of carbonyl (C=O) groups excluding carboxylic acids is 2. The molecular formula is C18H17N3O3. The first-order valence-electron chi connectivity index (χ1n) is 7.54. The molecule has 0 aliphatic carbocycles. The van der Waals surface area contributed by atoms with Crippen molar-refractivity contribution in [3.8, 4) is 0 Å². The maximum Gasteiger partial charge on any atom is 0.344 e. The van der Waals surface area contributed by atoms with Crippen LogP contribution in [0.5, 0.6) is 0 Å². The summed E-state index contributed by atoms with van der Waals surface area (Å²) < 4.78 is 6.63. The zero-order valence-electron chi connectivity index (χ0n) is 13.7. The predicted molar refractivity (Wildman–Crippen MR) is 88.3 cm³/mol. The van der Waals surface area contributed by atoms with Gasteiger partial charge in [-0.25, -0.2) is 14.3 Å². The molecule has 0 atom stereocenters. The van der Waals surface area contributed by atoms with Gasteiger partial charge in [0, 0.05) is 18.0 Å². The van der Waals surface area contributed by atoms with Gasteiger partial charge in [0.1, 0.15) is 5.56 Å². The minimum atomic E-state index is -0.612. The van der Waals surface area contributed by atoms with Crippen molar-refractivity contribution in [3.63, 3.8) is 0 Å². The number of aryl methyl sites for hydroxylation is 3. The first-order chi connectivity index (χ1) is 11.5. The average Bonchev–Trinajstić information content (AvgIpc) is 3.00. The molecule has 6 nitrogen and oxygen atoms in total. The zero-order valence-corrected chi connectivity index (χ0v) is 13.7. The van der Waals surface area contributed by atoms with Crippen LogP contribution in [0, 0.1) is 20.8 Å². The Labute approximate surface area is 139 Å². The molecule has 0 N–H and O–H groups in total. The number of hydrogen-bond acceptors (Lipinski definition) is 5. The summed E-state index contributed by atoms with van der Waals surface area (Å²) in [6, 6.07) is 5.50. The summed E-state index contributed by atoms with van der Waals surface area (Å²) in [5, 5.41) is 4.03. The monoisotopic (exact) mass is 323 g/mol. The van der Waals surface area contributed by atoms with Crippen LogP contribution in [0.25, 0.3) is 5.65 Å². The molecule has 0 saturated carbocycles. The van der Waals surface area contributed by atoms with Crippen molar-refractivity contribution in [3.05, 3.63) is 64.6 Å². The van der Waals surface area contributed by atoms with Crippen molar-refractivity contribution in [1.82, 2.24) is 14.6 Å². The zero-order chi connectivity index (χ0) is 17.3. The molecule has 24 heavy (non-hydrogen) atoms. The fourth-order valence-electron chi connectivity index (χ4n) is 2.52. The van der Waals surface area contributed by atoms with E-state index < -0.39 is 5.97 Å². The van der Waals surface area contributed by atoms with E-state index in [2.05, 4.69) is 10.1 Å². The molecule has 0 spiro atoms. The van der Waals surface area contributed by atoms with Crippen molar-refractivity contribution >= 4 is 17.4 Å². The Kier molecular flexibility index (Phi) is 4.12. The minimum absolute atomic E-state index is 0.228. The van der Waals surface area contributed by atoms with Gasteiger partial charge in [-0.1, -0.05) is 6.07 Å². The third kappa shape index (κ3) is 2.90. The highest BCUT2D eigenvalue weighted by Crippen LogP contribution is 2.16. The van der Waals surface area contributed by atoms with E-state index in [9.17, 15) is 9.59 Å². The topological polar surface area (TPSA) is 73.6 Å². The Morgan fingerprint density at radius 2 is 1.83 bits per heavy atom. The van der Waals surface area contributed by atoms with Gasteiger partial charge in [-0.05, 0) is 49.6 Å². The number of fused-ring (bicyclic) bond motifs is 1. The Bertz CT molecular complexity index is 944. The van der Waals surface area contributed by atoms with Gasteiger partial charge in [-0.3, -0.25) is 4.79 Å². The van der Waals surface area contributed by atoms with E-state index >= 15 is 0 Å². The average molecular weight is 323 g/mol. The van der Waals surface area contributed by atoms with Gasteiger partial charge in [0.15, 0.2) is 12.3 Å². The molecule has 0 amide bonds. The lowest BCUT2D eigenvalue weighted by atomic mass is 9.98. The predicted octanol–water partition coefficient (Wildman–Crippen LogP) is 2.69. The highest BCUT2D eigenvalue weighted by molar-refractivity contribution is 6.01. The Morgan fingerprint density at radius 1 is 1.08 bits per heavy atom. The SMILES string of the molecule is Cc1cc(C)c(C(=O)COC(=O)c2cnn3cccnc23)cc1C. The molecule has 0 saturated heterocycles. The Balaban J connectivity index is 1.75.